The van der Waals surface area contributed by atoms with E-state index in [1.165, 1.54) is 0 Å². The van der Waals surface area contributed by atoms with Crippen molar-refractivity contribution in [2.75, 3.05) is 17.7 Å². The third-order valence-corrected chi connectivity index (χ3v) is 3.53. The number of carbonyl (C=O) groups is 1. The molecular formula is C14H16N4O2. The molecule has 1 aliphatic heterocycles. The first-order chi connectivity index (χ1) is 9.70. The van der Waals surface area contributed by atoms with Crippen LogP contribution in [0.1, 0.15) is 23.5 Å². The van der Waals surface area contributed by atoms with Crippen LogP contribution in [-0.2, 0) is 11.3 Å². The number of benzene rings is 1. The number of amides is 1. The third kappa shape index (κ3) is 2.04. The number of aliphatic hydroxyl groups excluding tert-OH is 1. The van der Waals surface area contributed by atoms with Gasteiger partial charge < -0.3 is 16.2 Å². The molecule has 0 radical (unpaired) electrons. The van der Waals surface area contributed by atoms with Crippen molar-refractivity contribution in [2.45, 2.75) is 18.9 Å². The number of anilines is 2. The van der Waals surface area contributed by atoms with Crippen LogP contribution in [0.5, 0.6) is 0 Å². The van der Waals surface area contributed by atoms with Crippen molar-refractivity contribution >= 4 is 17.5 Å². The van der Waals surface area contributed by atoms with E-state index in [1.807, 2.05) is 30.3 Å². The topological polar surface area (TPSA) is 93.2 Å². The Morgan fingerprint density at radius 2 is 2.15 bits per heavy atom. The number of nitrogen functional groups attached to an aromatic ring is 1. The lowest BCUT2D eigenvalue weighted by atomic mass is 9.87. The van der Waals surface area contributed by atoms with Gasteiger partial charge >= 0.3 is 0 Å². The van der Waals surface area contributed by atoms with Gasteiger partial charge in [-0.15, -0.1) is 0 Å². The molecule has 0 spiro atoms. The number of carbonyl (C=O) groups excluding carboxylic acids is 1. The SMILES string of the molecule is Nc1nn(CCO)c2c1[C@H](c1ccccc1)CC(=O)N2. The van der Waals surface area contributed by atoms with E-state index >= 15 is 0 Å². The zero-order valence-corrected chi connectivity index (χ0v) is 10.9. The van der Waals surface area contributed by atoms with Crippen LogP contribution in [0.3, 0.4) is 0 Å². The Kier molecular flexibility index (Phi) is 3.15. The van der Waals surface area contributed by atoms with Gasteiger partial charge in [0.1, 0.15) is 5.82 Å². The van der Waals surface area contributed by atoms with E-state index < -0.39 is 0 Å². The predicted octanol–water partition coefficient (Wildman–Crippen LogP) is 0.932. The molecule has 20 heavy (non-hydrogen) atoms. The summed E-state index contributed by atoms with van der Waals surface area (Å²) >= 11 is 0. The monoisotopic (exact) mass is 272 g/mol. The summed E-state index contributed by atoms with van der Waals surface area (Å²) in [4.78, 5) is 11.9. The summed E-state index contributed by atoms with van der Waals surface area (Å²) in [6.07, 6.45) is 0.353. The summed E-state index contributed by atoms with van der Waals surface area (Å²) in [6.45, 7) is 0.251. The molecule has 0 aliphatic carbocycles. The van der Waals surface area contributed by atoms with Crippen molar-refractivity contribution in [1.29, 1.82) is 0 Å². The molecule has 0 saturated heterocycles. The van der Waals surface area contributed by atoms with Gasteiger partial charge in [0.2, 0.25) is 5.91 Å². The summed E-state index contributed by atoms with van der Waals surface area (Å²) in [5.74, 6) is 0.849. The Bertz CT molecular complexity index is 636. The van der Waals surface area contributed by atoms with Gasteiger partial charge in [0.25, 0.3) is 0 Å². The van der Waals surface area contributed by atoms with Gasteiger partial charge in [-0.1, -0.05) is 30.3 Å². The molecule has 0 bridgehead atoms. The fourth-order valence-electron chi connectivity index (χ4n) is 2.67. The molecular weight excluding hydrogens is 256 g/mol. The van der Waals surface area contributed by atoms with E-state index in [9.17, 15) is 4.79 Å². The molecule has 1 aliphatic rings. The number of aliphatic hydroxyl groups is 1. The lowest BCUT2D eigenvalue weighted by Gasteiger charge is -2.24. The number of fused-ring (bicyclic) bond motifs is 1. The van der Waals surface area contributed by atoms with Crippen LogP contribution in [0.4, 0.5) is 11.6 Å². The van der Waals surface area contributed by atoms with Crippen molar-refractivity contribution in [3.63, 3.8) is 0 Å². The molecule has 0 unspecified atom stereocenters. The Hall–Kier alpha value is -2.34. The first kappa shape index (κ1) is 12.7. The summed E-state index contributed by atoms with van der Waals surface area (Å²) in [5.41, 5.74) is 7.88. The average Bonchev–Trinajstić information content (AvgIpc) is 2.76. The van der Waals surface area contributed by atoms with E-state index in [0.29, 0.717) is 24.6 Å². The maximum atomic E-state index is 11.9. The van der Waals surface area contributed by atoms with Crippen LogP contribution in [0.2, 0.25) is 0 Å². The largest absolute Gasteiger partial charge is 0.394 e. The van der Waals surface area contributed by atoms with Crippen LogP contribution < -0.4 is 11.1 Å². The Labute approximate surface area is 116 Å². The average molecular weight is 272 g/mol. The van der Waals surface area contributed by atoms with E-state index in [0.717, 1.165) is 11.1 Å². The van der Waals surface area contributed by atoms with Crippen molar-refractivity contribution in [1.82, 2.24) is 9.78 Å². The van der Waals surface area contributed by atoms with Crippen molar-refractivity contribution < 1.29 is 9.90 Å². The molecule has 4 N–H and O–H groups in total. The van der Waals surface area contributed by atoms with Crippen LogP contribution >= 0.6 is 0 Å². The quantitative estimate of drug-likeness (QED) is 0.775. The molecule has 2 aromatic rings. The Morgan fingerprint density at radius 3 is 2.85 bits per heavy atom. The molecule has 0 fully saturated rings. The van der Waals surface area contributed by atoms with E-state index in [2.05, 4.69) is 10.4 Å². The van der Waals surface area contributed by atoms with Gasteiger partial charge in [0.05, 0.1) is 13.2 Å². The fraction of sp³-hybridized carbons (Fsp3) is 0.286. The summed E-state index contributed by atoms with van der Waals surface area (Å²) in [7, 11) is 0. The summed E-state index contributed by atoms with van der Waals surface area (Å²) < 4.78 is 1.55. The highest BCUT2D eigenvalue weighted by Crippen LogP contribution is 2.40. The van der Waals surface area contributed by atoms with Crippen LogP contribution in [0.15, 0.2) is 30.3 Å². The second kappa shape index (κ2) is 4.97. The van der Waals surface area contributed by atoms with Gasteiger partial charge in [0, 0.05) is 17.9 Å². The van der Waals surface area contributed by atoms with Gasteiger partial charge in [-0.05, 0) is 5.56 Å². The molecule has 2 heterocycles. The number of nitrogens with zero attached hydrogens (tertiary/aromatic N) is 2. The predicted molar refractivity (Wildman–Crippen MR) is 75.3 cm³/mol. The minimum atomic E-state index is -0.0904. The van der Waals surface area contributed by atoms with E-state index in [4.69, 9.17) is 10.8 Å². The molecule has 0 saturated carbocycles. The number of hydrogen-bond donors (Lipinski definition) is 3. The number of nitrogens with two attached hydrogens (primary N) is 1. The third-order valence-electron chi connectivity index (χ3n) is 3.53. The molecule has 1 aromatic heterocycles. The second-order valence-electron chi connectivity index (χ2n) is 4.81. The van der Waals surface area contributed by atoms with Gasteiger partial charge in [-0.3, -0.25) is 4.79 Å². The minimum absolute atomic E-state index is 0.0561. The lowest BCUT2D eigenvalue weighted by molar-refractivity contribution is -0.116. The summed E-state index contributed by atoms with van der Waals surface area (Å²) in [5, 5.41) is 16.1. The molecule has 1 amide bonds. The highest BCUT2D eigenvalue weighted by molar-refractivity contribution is 5.95. The first-order valence-electron chi connectivity index (χ1n) is 6.52. The molecule has 3 rings (SSSR count). The standard InChI is InChI=1S/C14H16N4O2/c15-13-12-10(9-4-2-1-3-5-9)8-11(20)16-14(12)18(17-13)6-7-19/h1-5,10,19H,6-8H2,(H2,15,17)(H,16,20)/t10-/m0/s1. The molecule has 6 nitrogen and oxygen atoms in total. The Morgan fingerprint density at radius 1 is 1.40 bits per heavy atom. The van der Waals surface area contributed by atoms with Gasteiger partial charge in [0.15, 0.2) is 5.82 Å². The van der Waals surface area contributed by atoms with Crippen LogP contribution in [0.25, 0.3) is 0 Å². The number of hydrogen-bond acceptors (Lipinski definition) is 4. The van der Waals surface area contributed by atoms with Crippen LogP contribution in [-0.4, -0.2) is 27.4 Å². The minimum Gasteiger partial charge on any atom is -0.394 e. The van der Waals surface area contributed by atoms with Crippen molar-refractivity contribution in [3.05, 3.63) is 41.5 Å². The normalized spacial score (nSPS) is 17.6. The number of aromatic nitrogens is 2. The highest BCUT2D eigenvalue weighted by atomic mass is 16.3. The maximum absolute atomic E-state index is 11.9. The highest BCUT2D eigenvalue weighted by Gasteiger charge is 2.32. The van der Waals surface area contributed by atoms with Gasteiger partial charge in [-0.2, -0.15) is 5.10 Å². The Balaban J connectivity index is 2.10. The second-order valence-corrected chi connectivity index (χ2v) is 4.81. The van der Waals surface area contributed by atoms with Gasteiger partial charge in [-0.25, -0.2) is 4.68 Å². The zero-order valence-electron chi connectivity index (χ0n) is 10.9. The number of nitrogens with one attached hydrogen (secondary N) is 1. The number of rotatable bonds is 3. The van der Waals surface area contributed by atoms with Crippen molar-refractivity contribution in [2.24, 2.45) is 0 Å². The molecule has 1 aromatic carbocycles. The smallest absolute Gasteiger partial charge is 0.226 e. The fourth-order valence-corrected chi connectivity index (χ4v) is 2.67. The van der Waals surface area contributed by atoms with Crippen LogP contribution in [0, 0.1) is 0 Å². The molecule has 104 valence electrons. The van der Waals surface area contributed by atoms with Crippen molar-refractivity contribution in [3.8, 4) is 0 Å². The first-order valence-corrected chi connectivity index (χ1v) is 6.52. The summed E-state index contributed by atoms with van der Waals surface area (Å²) in [6, 6.07) is 9.78. The van der Waals surface area contributed by atoms with E-state index in [-0.39, 0.29) is 18.4 Å². The molecule has 1 atom stereocenters. The lowest BCUT2D eigenvalue weighted by Crippen LogP contribution is -2.25. The molecule has 6 heteroatoms. The maximum Gasteiger partial charge on any atom is 0.226 e. The van der Waals surface area contributed by atoms with E-state index in [1.54, 1.807) is 4.68 Å². The zero-order chi connectivity index (χ0) is 14.1.